The Morgan fingerprint density at radius 3 is 1.86 bits per heavy atom. The van der Waals surface area contributed by atoms with E-state index in [0.29, 0.717) is 17.1 Å². The number of hydrogen-bond acceptors (Lipinski definition) is 4. The van der Waals surface area contributed by atoms with Gasteiger partial charge in [0.2, 0.25) is 0 Å². The lowest BCUT2D eigenvalue weighted by Gasteiger charge is -2.38. The SMILES string of the molecule is C=C(C)C(=O)OC.C=C(C)C(=O)OC1CC(C)CC(C)(C)C1. The maximum Gasteiger partial charge on any atom is 0.333 e. The van der Waals surface area contributed by atoms with E-state index in [4.69, 9.17) is 4.74 Å². The number of hydrogen-bond donors (Lipinski definition) is 0. The highest BCUT2D eigenvalue weighted by Gasteiger charge is 2.33. The average Bonchev–Trinajstić information content (AvgIpc) is 2.35. The van der Waals surface area contributed by atoms with E-state index in [-0.39, 0.29) is 23.5 Å². The number of methoxy groups -OCH3 is 1. The summed E-state index contributed by atoms with van der Waals surface area (Å²) in [6, 6.07) is 0. The summed E-state index contributed by atoms with van der Waals surface area (Å²) < 4.78 is 9.69. The largest absolute Gasteiger partial charge is 0.466 e. The van der Waals surface area contributed by atoms with Crippen LogP contribution < -0.4 is 0 Å². The van der Waals surface area contributed by atoms with Crippen molar-refractivity contribution in [3.05, 3.63) is 24.3 Å². The first-order valence-corrected chi connectivity index (χ1v) is 7.59. The van der Waals surface area contributed by atoms with Crippen LogP contribution in [-0.4, -0.2) is 25.2 Å². The minimum absolute atomic E-state index is 0.0768. The number of carbonyl (C=O) groups excluding carboxylic acids is 2. The van der Waals surface area contributed by atoms with Gasteiger partial charge in [-0.15, -0.1) is 0 Å². The van der Waals surface area contributed by atoms with E-state index >= 15 is 0 Å². The zero-order chi connectivity index (χ0) is 17.5. The highest BCUT2D eigenvalue weighted by molar-refractivity contribution is 5.87. The highest BCUT2D eigenvalue weighted by Crippen LogP contribution is 2.39. The number of carbonyl (C=O) groups is 2. The van der Waals surface area contributed by atoms with E-state index in [2.05, 4.69) is 38.7 Å². The highest BCUT2D eigenvalue weighted by atomic mass is 16.5. The Morgan fingerprint density at radius 2 is 1.55 bits per heavy atom. The van der Waals surface area contributed by atoms with E-state index in [1.807, 2.05) is 0 Å². The molecule has 22 heavy (non-hydrogen) atoms. The van der Waals surface area contributed by atoms with Crippen molar-refractivity contribution < 1.29 is 19.1 Å². The molecule has 2 atom stereocenters. The third-order valence-electron chi connectivity index (χ3n) is 3.50. The summed E-state index contributed by atoms with van der Waals surface area (Å²) >= 11 is 0. The van der Waals surface area contributed by atoms with E-state index in [0.717, 1.165) is 12.8 Å². The Balaban J connectivity index is 0.000000534. The van der Waals surface area contributed by atoms with Crippen molar-refractivity contribution >= 4 is 11.9 Å². The molecule has 0 radical (unpaired) electrons. The lowest BCUT2D eigenvalue weighted by Crippen LogP contribution is -2.34. The first kappa shape index (κ1) is 20.4. The molecule has 0 bridgehead atoms. The van der Waals surface area contributed by atoms with Gasteiger partial charge in [0.25, 0.3) is 0 Å². The van der Waals surface area contributed by atoms with Crippen LogP contribution in [0.4, 0.5) is 0 Å². The van der Waals surface area contributed by atoms with E-state index in [1.54, 1.807) is 13.8 Å². The molecule has 1 aliphatic rings. The molecule has 0 spiro atoms. The fourth-order valence-corrected chi connectivity index (χ4v) is 2.77. The van der Waals surface area contributed by atoms with Crippen LogP contribution in [0.1, 0.15) is 53.9 Å². The quantitative estimate of drug-likeness (QED) is 0.583. The Labute approximate surface area is 134 Å². The van der Waals surface area contributed by atoms with Gasteiger partial charge in [0.15, 0.2) is 0 Å². The number of rotatable bonds is 3. The first-order chi connectivity index (χ1) is 9.98. The van der Waals surface area contributed by atoms with Crippen molar-refractivity contribution in [2.45, 2.75) is 60.0 Å². The molecule has 0 saturated heterocycles. The van der Waals surface area contributed by atoms with Gasteiger partial charge in [-0.3, -0.25) is 0 Å². The normalized spacial score (nSPS) is 22.6. The van der Waals surface area contributed by atoms with E-state index in [9.17, 15) is 9.59 Å². The third kappa shape index (κ3) is 8.01. The predicted octanol–water partition coefficient (Wildman–Crippen LogP) is 4.06. The van der Waals surface area contributed by atoms with Gasteiger partial charge >= 0.3 is 11.9 Å². The minimum atomic E-state index is -0.347. The summed E-state index contributed by atoms with van der Waals surface area (Å²) in [6.07, 6.45) is 3.25. The van der Waals surface area contributed by atoms with Crippen LogP contribution in [0.3, 0.4) is 0 Å². The lowest BCUT2D eigenvalue weighted by molar-refractivity contribution is -0.148. The van der Waals surface area contributed by atoms with Crippen molar-refractivity contribution in [1.29, 1.82) is 0 Å². The van der Waals surface area contributed by atoms with Crippen molar-refractivity contribution in [1.82, 2.24) is 0 Å². The van der Waals surface area contributed by atoms with Crippen LogP contribution in [-0.2, 0) is 19.1 Å². The van der Waals surface area contributed by atoms with Gasteiger partial charge in [-0.2, -0.15) is 0 Å². The Morgan fingerprint density at radius 1 is 1.05 bits per heavy atom. The van der Waals surface area contributed by atoms with Crippen molar-refractivity contribution in [2.75, 3.05) is 7.11 Å². The van der Waals surface area contributed by atoms with Gasteiger partial charge in [-0.25, -0.2) is 9.59 Å². The van der Waals surface area contributed by atoms with Crippen molar-refractivity contribution in [3.63, 3.8) is 0 Å². The summed E-state index contributed by atoms with van der Waals surface area (Å²) in [7, 11) is 1.33. The Hall–Kier alpha value is -1.58. The second-order valence-corrected chi connectivity index (χ2v) is 6.99. The van der Waals surface area contributed by atoms with Gasteiger partial charge in [0.05, 0.1) is 7.11 Å². The van der Waals surface area contributed by atoms with Crippen molar-refractivity contribution in [3.8, 4) is 0 Å². The van der Waals surface area contributed by atoms with E-state index < -0.39 is 0 Å². The summed E-state index contributed by atoms with van der Waals surface area (Å²) in [5.74, 6) is 0.0431. The molecule has 4 heteroatoms. The summed E-state index contributed by atoms with van der Waals surface area (Å²) in [5, 5.41) is 0. The molecule has 1 fully saturated rings. The molecule has 0 aromatic heterocycles. The topological polar surface area (TPSA) is 52.6 Å². The molecular weight excluding hydrogens is 280 g/mol. The maximum atomic E-state index is 11.4. The fraction of sp³-hybridized carbons (Fsp3) is 0.667. The third-order valence-corrected chi connectivity index (χ3v) is 3.50. The summed E-state index contributed by atoms with van der Waals surface area (Å²) in [5.41, 5.74) is 1.21. The van der Waals surface area contributed by atoms with Gasteiger partial charge in [0, 0.05) is 11.1 Å². The van der Waals surface area contributed by atoms with Crippen molar-refractivity contribution in [2.24, 2.45) is 11.3 Å². The molecule has 1 saturated carbocycles. The summed E-state index contributed by atoms with van der Waals surface area (Å²) in [6.45, 7) is 17.0. The Kier molecular flexibility index (Phi) is 8.13. The van der Waals surface area contributed by atoms with Gasteiger partial charge in [0.1, 0.15) is 6.10 Å². The van der Waals surface area contributed by atoms with Gasteiger partial charge in [-0.1, -0.05) is 33.9 Å². The van der Waals surface area contributed by atoms with Crippen LogP contribution in [0.2, 0.25) is 0 Å². The molecule has 4 nitrogen and oxygen atoms in total. The molecule has 0 aliphatic heterocycles. The van der Waals surface area contributed by atoms with Crippen LogP contribution in [0.5, 0.6) is 0 Å². The zero-order valence-corrected chi connectivity index (χ0v) is 14.8. The molecule has 0 N–H and O–H groups in total. The molecule has 1 rings (SSSR count). The molecular formula is C18H30O4. The monoisotopic (exact) mass is 310 g/mol. The predicted molar refractivity (Wildman–Crippen MR) is 88.3 cm³/mol. The average molecular weight is 310 g/mol. The van der Waals surface area contributed by atoms with Gasteiger partial charge in [-0.05, 0) is 44.4 Å². The van der Waals surface area contributed by atoms with E-state index in [1.165, 1.54) is 13.5 Å². The standard InChI is InChI=1S/C13H22O2.C5H8O2/c1-9(2)12(14)15-11-6-10(3)7-13(4,5)8-11;1-4(2)5(6)7-3/h10-11H,1,6-8H2,2-5H3;1H2,2-3H3. The van der Waals surface area contributed by atoms with Gasteiger partial charge < -0.3 is 9.47 Å². The lowest BCUT2D eigenvalue weighted by atomic mass is 9.71. The van der Waals surface area contributed by atoms with Crippen LogP contribution >= 0.6 is 0 Å². The second-order valence-electron chi connectivity index (χ2n) is 6.99. The zero-order valence-electron chi connectivity index (χ0n) is 14.8. The molecule has 0 aromatic rings. The first-order valence-electron chi connectivity index (χ1n) is 7.59. The molecule has 0 amide bonds. The molecule has 126 valence electrons. The van der Waals surface area contributed by atoms with Crippen LogP contribution in [0.25, 0.3) is 0 Å². The van der Waals surface area contributed by atoms with Crippen LogP contribution in [0.15, 0.2) is 24.3 Å². The molecule has 2 unspecified atom stereocenters. The maximum absolute atomic E-state index is 11.4. The summed E-state index contributed by atoms with van der Waals surface area (Å²) in [4.78, 5) is 21.6. The Bertz CT molecular complexity index is 434. The van der Waals surface area contributed by atoms with Crippen LogP contribution in [0, 0.1) is 11.3 Å². The molecule has 1 aliphatic carbocycles. The minimum Gasteiger partial charge on any atom is -0.466 e. The fourth-order valence-electron chi connectivity index (χ4n) is 2.77. The number of esters is 2. The number of ether oxygens (including phenoxy) is 2. The molecule has 0 aromatic carbocycles. The molecule has 0 heterocycles. The smallest absolute Gasteiger partial charge is 0.333 e. The second kappa shape index (κ2) is 8.76.